The second-order valence-corrected chi connectivity index (χ2v) is 6.86. The van der Waals surface area contributed by atoms with E-state index in [4.69, 9.17) is 4.18 Å². The van der Waals surface area contributed by atoms with Crippen molar-refractivity contribution in [1.29, 1.82) is 0 Å². The summed E-state index contributed by atoms with van der Waals surface area (Å²) >= 11 is 2.84. The molecule has 2 rings (SSSR count). The van der Waals surface area contributed by atoms with Gasteiger partial charge in [0.25, 0.3) is 10.1 Å². The average molecular weight is 377 g/mol. The Bertz CT molecular complexity index is 759. The second kappa shape index (κ2) is 6.21. The van der Waals surface area contributed by atoms with Gasteiger partial charge in [-0.05, 0) is 47.1 Å². The third-order valence-electron chi connectivity index (χ3n) is 2.77. The summed E-state index contributed by atoms with van der Waals surface area (Å²) in [6.45, 7) is 1.24. The molecule has 2 aromatic carbocycles. The van der Waals surface area contributed by atoms with E-state index in [0.717, 1.165) is 17.7 Å². The Labute approximate surface area is 129 Å². The number of halogens is 3. The minimum absolute atomic E-state index is 0.0360. The largest absolute Gasteiger partial charge is 0.297 e. The van der Waals surface area contributed by atoms with E-state index >= 15 is 0 Å². The molecule has 0 aliphatic heterocycles. The molecule has 0 saturated heterocycles. The van der Waals surface area contributed by atoms with Crippen LogP contribution in [0.25, 0.3) is 0 Å². The van der Waals surface area contributed by atoms with Crippen molar-refractivity contribution in [1.82, 2.24) is 0 Å². The fraction of sp³-hybridized carbons (Fsp3) is 0.143. The zero-order valence-corrected chi connectivity index (χ0v) is 13.3. The van der Waals surface area contributed by atoms with E-state index in [1.165, 1.54) is 12.1 Å². The highest BCUT2D eigenvalue weighted by Crippen LogP contribution is 2.22. The molecule has 0 aliphatic rings. The molecule has 0 heterocycles. The first-order valence-electron chi connectivity index (χ1n) is 5.89. The number of hydrogen-bond acceptors (Lipinski definition) is 3. The molecule has 0 radical (unpaired) electrons. The molecule has 0 spiro atoms. The van der Waals surface area contributed by atoms with Crippen molar-refractivity contribution in [3.63, 3.8) is 0 Å². The SMILES string of the molecule is Cc1ccc(S(=O)(=O)OCc2cc(F)c(Br)cc2F)cc1. The average Bonchev–Trinajstić information content (AvgIpc) is 2.42. The van der Waals surface area contributed by atoms with Gasteiger partial charge in [-0.25, -0.2) is 8.78 Å². The Morgan fingerprint density at radius 2 is 1.71 bits per heavy atom. The lowest BCUT2D eigenvalue weighted by molar-refractivity contribution is 0.301. The van der Waals surface area contributed by atoms with Crippen molar-refractivity contribution in [3.8, 4) is 0 Å². The van der Waals surface area contributed by atoms with E-state index in [0.29, 0.717) is 0 Å². The molecule has 0 N–H and O–H groups in total. The molecule has 0 bridgehead atoms. The second-order valence-electron chi connectivity index (χ2n) is 4.39. The van der Waals surface area contributed by atoms with Crippen LogP contribution in [0.4, 0.5) is 8.78 Å². The van der Waals surface area contributed by atoms with E-state index in [1.54, 1.807) is 12.1 Å². The lowest BCUT2D eigenvalue weighted by Gasteiger charge is -2.07. The molecular formula is C14H11BrF2O3S. The van der Waals surface area contributed by atoms with E-state index in [2.05, 4.69) is 15.9 Å². The molecule has 112 valence electrons. The van der Waals surface area contributed by atoms with Crippen LogP contribution < -0.4 is 0 Å². The first kappa shape index (κ1) is 16.1. The standard InChI is InChI=1S/C14H11BrF2O3S/c1-9-2-4-11(5-3-9)21(18,19)20-8-10-6-14(17)12(15)7-13(10)16/h2-7H,8H2,1H3. The van der Waals surface area contributed by atoms with E-state index in [1.807, 2.05) is 6.92 Å². The summed E-state index contributed by atoms with van der Waals surface area (Å²) in [4.78, 5) is -0.0360. The molecule has 3 nitrogen and oxygen atoms in total. The van der Waals surface area contributed by atoms with Crippen LogP contribution >= 0.6 is 15.9 Å². The van der Waals surface area contributed by atoms with Crippen LogP contribution in [-0.2, 0) is 20.9 Å². The minimum Gasteiger partial charge on any atom is -0.261 e. The van der Waals surface area contributed by atoms with Crippen LogP contribution in [0, 0.1) is 18.6 Å². The third-order valence-corrected chi connectivity index (χ3v) is 4.65. The topological polar surface area (TPSA) is 43.4 Å². The Hall–Kier alpha value is -1.31. The van der Waals surface area contributed by atoms with Crippen LogP contribution in [0.15, 0.2) is 45.8 Å². The zero-order valence-electron chi connectivity index (χ0n) is 10.9. The summed E-state index contributed by atoms with van der Waals surface area (Å²) in [5, 5.41) is 0. The third kappa shape index (κ3) is 3.87. The summed E-state index contributed by atoms with van der Waals surface area (Å²) < 4.78 is 55.5. The van der Waals surface area contributed by atoms with Gasteiger partial charge in [0.05, 0.1) is 16.0 Å². The first-order valence-corrected chi connectivity index (χ1v) is 8.09. The van der Waals surface area contributed by atoms with Crippen LogP contribution in [-0.4, -0.2) is 8.42 Å². The lowest BCUT2D eigenvalue weighted by atomic mass is 10.2. The Morgan fingerprint density at radius 1 is 1.10 bits per heavy atom. The van der Waals surface area contributed by atoms with Gasteiger partial charge >= 0.3 is 0 Å². The Kier molecular flexibility index (Phi) is 4.75. The van der Waals surface area contributed by atoms with E-state index < -0.39 is 28.4 Å². The Morgan fingerprint density at radius 3 is 2.33 bits per heavy atom. The number of hydrogen-bond donors (Lipinski definition) is 0. The highest BCUT2D eigenvalue weighted by Gasteiger charge is 2.17. The maximum absolute atomic E-state index is 13.6. The molecular weight excluding hydrogens is 366 g/mol. The summed E-state index contributed by atoms with van der Waals surface area (Å²) in [7, 11) is -4.02. The first-order chi connectivity index (χ1) is 9.79. The van der Waals surface area contributed by atoms with Gasteiger partial charge in [0.2, 0.25) is 0 Å². The van der Waals surface area contributed by atoms with Gasteiger partial charge in [-0.1, -0.05) is 17.7 Å². The van der Waals surface area contributed by atoms with Gasteiger partial charge in [-0.3, -0.25) is 4.18 Å². The predicted octanol–water partition coefficient (Wildman–Crippen LogP) is 3.94. The fourth-order valence-electron chi connectivity index (χ4n) is 1.59. The normalized spacial score (nSPS) is 11.6. The molecule has 21 heavy (non-hydrogen) atoms. The molecule has 0 aromatic heterocycles. The number of benzene rings is 2. The van der Waals surface area contributed by atoms with Crippen molar-refractivity contribution in [2.75, 3.05) is 0 Å². The lowest BCUT2D eigenvalue weighted by Crippen LogP contribution is -2.07. The maximum Gasteiger partial charge on any atom is 0.297 e. The molecule has 2 aromatic rings. The van der Waals surface area contributed by atoms with Crippen LogP contribution in [0.1, 0.15) is 11.1 Å². The van der Waals surface area contributed by atoms with Crippen LogP contribution in [0.2, 0.25) is 0 Å². The molecule has 0 aliphatic carbocycles. The van der Waals surface area contributed by atoms with Crippen molar-refractivity contribution in [2.45, 2.75) is 18.4 Å². The van der Waals surface area contributed by atoms with Crippen molar-refractivity contribution in [3.05, 3.63) is 63.6 Å². The Balaban J connectivity index is 2.19. The van der Waals surface area contributed by atoms with Gasteiger partial charge < -0.3 is 0 Å². The molecule has 0 unspecified atom stereocenters. The highest BCUT2D eigenvalue weighted by atomic mass is 79.9. The predicted molar refractivity (Wildman–Crippen MR) is 77.2 cm³/mol. The molecule has 0 fully saturated rings. The summed E-state index contributed by atoms with van der Waals surface area (Å²) in [5.41, 5.74) is 0.723. The summed E-state index contributed by atoms with van der Waals surface area (Å²) in [6, 6.07) is 7.84. The smallest absolute Gasteiger partial charge is 0.261 e. The summed E-state index contributed by atoms with van der Waals surface area (Å²) in [5.74, 6) is -1.44. The van der Waals surface area contributed by atoms with Crippen molar-refractivity contribution >= 4 is 26.0 Å². The number of aryl methyl sites for hydroxylation is 1. The highest BCUT2D eigenvalue weighted by molar-refractivity contribution is 9.10. The fourth-order valence-corrected chi connectivity index (χ4v) is 2.79. The number of rotatable bonds is 4. The van der Waals surface area contributed by atoms with Crippen molar-refractivity contribution in [2.24, 2.45) is 0 Å². The molecule has 0 atom stereocenters. The van der Waals surface area contributed by atoms with Crippen LogP contribution in [0.5, 0.6) is 0 Å². The van der Waals surface area contributed by atoms with Crippen molar-refractivity contribution < 1.29 is 21.4 Å². The molecule has 7 heteroatoms. The van der Waals surface area contributed by atoms with E-state index in [9.17, 15) is 17.2 Å². The molecule has 0 saturated carbocycles. The maximum atomic E-state index is 13.6. The van der Waals surface area contributed by atoms with Gasteiger partial charge in [-0.15, -0.1) is 0 Å². The van der Waals surface area contributed by atoms with Gasteiger partial charge in [0.1, 0.15) is 11.6 Å². The zero-order chi connectivity index (χ0) is 15.6. The van der Waals surface area contributed by atoms with Crippen LogP contribution in [0.3, 0.4) is 0 Å². The minimum atomic E-state index is -4.02. The van der Waals surface area contributed by atoms with Gasteiger partial charge in [0, 0.05) is 5.56 Å². The quantitative estimate of drug-likeness (QED) is 0.599. The van der Waals surface area contributed by atoms with E-state index in [-0.39, 0.29) is 14.9 Å². The van der Waals surface area contributed by atoms with Gasteiger partial charge in [0.15, 0.2) is 0 Å². The monoisotopic (exact) mass is 376 g/mol. The van der Waals surface area contributed by atoms with Gasteiger partial charge in [-0.2, -0.15) is 8.42 Å². The summed E-state index contributed by atoms with van der Waals surface area (Å²) in [6.07, 6.45) is 0. The molecule has 0 amide bonds.